The van der Waals surface area contributed by atoms with Gasteiger partial charge in [-0.3, -0.25) is 9.69 Å². The van der Waals surface area contributed by atoms with E-state index in [1.54, 1.807) is 0 Å². The van der Waals surface area contributed by atoms with Crippen LogP contribution in [0.2, 0.25) is 0 Å². The van der Waals surface area contributed by atoms with E-state index in [-0.39, 0.29) is 15.8 Å². The van der Waals surface area contributed by atoms with Crippen molar-refractivity contribution in [3.05, 3.63) is 35.9 Å². The largest absolute Gasteiger partial charge is 0.379 e. The molecule has 0 radical (unpaired) electrons. The van der Waals surface area contributed by atoms with Crippen LogP contribution >= 0.6 is 15.9 Å². The Kier molecular flexibility index (Phi) is 5.05. The Labute approximate surface area is 176 Å². The molecule has 1 saturated heterocycles. The first-order valence-electron chi connectivity index (χ1n) is 10.9. The van der Waals surface area contributed by atoms with Crippen molar-refractivity contribution in [2.45, 2.75) is 48.9 Å². The number of hydrogen-bond acceptors (Lipinski definition) is 3. The van der Waals surface area contributed by atoms with E-state index in [9.17, 15) is 4.79 Å². The Morgan fingerprint density at radius 1 is 1.14 bits per heavy atom. The monoisotopic (exact) mass is 446 g/mol. The summed E-state index contributed by atoms with van der Waals surface area (Å²) in [5.74, 6) is 1.74. The summed E-state index contributed by atoms with van der Waals surface area (Å²) in [7, 11) is 0. The molecule has 5 aliphatic rings. The van der Waals surface area contributed by atoms with Gasteiger partial charge in [0.2, 0.25) is 5.91 Å². The van der Waals surface area contributed by atoms with Crippen molar-refractivity contribution in [1.29, 1.82) is 0 Å². The van der Waals surface area contributed by atoms with E-state index in [0.29, 0.717) is 5.91 Å². The van der Waals surface area contributed by atoms with Crippen molar-refractivity contribution in [2.24, 2.45) is 17.3 Å². The van der Waals surface area contributed by atoms with Gasteiger partial charge in [0.1, 0.15) is 0 Å². The first kappa shape index (κ1) is 19.1. The molecule has 4 aliphatic carbocycles. The van der Waals surface area contributed by atoms with Crippen LogP contribution in [0, 0.1) is 17.3 Å². The molecule has 6 rings (SSSR count). The maximum atomic E-state index is 13.7. The number of rotatable bonds is 5. The van der Waals surface area contributed by atoms with Crippen molar-refractivity contribution in [2.75, 3.05) is 32.8 Å². The maximum Gasteiger partial charge on any atom is 0.226 e. The number of carbonyl (C=O) groups is 1. The average Bonchev–Trinajstić information content (AvgIpc) is 2.67. The van der Waals surface area contributed by atoms with Crippen molar-refractivity contribution in [3.63, 3.8) is 0 Å². The summed E-state index contributed by atoms with van der Waals surface area (Å²) in [6, 6.07) is 10.5. The molecule has 1 aromatic rings. The summed E-state index contributed by atoms with van der Waals surface area (Å²) < 4.78 is 5.72. The zero-order valence-electron chi connectivity index (χ0n) is 16.5. The normalized spacial score (nSPS) is 38.3. The third kappa shape index (κ3) is 3.66. The van der Waals surface area contributed by atoms with Crippen molar-refractivity contribution < 1.29 is 9.53 Å². The van der Waals surface area contributed by atoms with Gasteiger partial charge in [0.05, 0.1) is 24.7 Å². The van der Waals surface area contributed by atoms with E-state index >= 15 is 0 Å². The molecule has 1 aromatic carbocycles. The van der Waals surface area contributed by atoms with E-state index in [1.807, 2.05) is 6.07 Å². The van der Waals surface area contributed by atoms with Gasteiger partial charge in [-0.15, -0.1) is 0 Å². The molecule has 28 heavy (non-hydrogen) atoms. The minimum Gasteiger partial charge on any atom is -0.379 e. The number of morpholine rings is 1. The van der Waals surface area contributed by atoms with Crippen molar-refractivity contribution >= 4 is 21.8 Å². The number of hydrogen-bond donors (Lipinski definition) is 1. The first-order valence-corrected chi connectivity index (χ1v) is 11.7. The molecule has 1 heterocycles. The SMILES string of the molecule is O=C(NC(CN1CCOCC1)c1ccccc1)C12CC3CC(CC(Br)(C3)C1)C2. The fraction of sp³-hybridized carbons (Fsp3) is 0.696. The van der Waals surface area contributed by atoms with E-state index in [4.69, 9.17) is 4.74 Å². The lowest BCUT2D eigenvalue weighted by molar-refractivity contribution is -0.145. The summed E-state index contributed by atoms with van der Waals surface area (Å²) in [5.41, 5.74) is 1.05. The Hall–Kier alpha value is -0.910. The minimum atomic E-state index is -0.161. The molecule has 1 N–H and O–H groups in total. The van der Waals surface area contributed by atoms with Crippen LogP contribution in [-0.2, 0) is 9.53 Å². The lowest BCUT2D eigenvalue weighted by Crippen LogP contribution is -2.59. The predicted molar refractivity (Wildman–Crippen MR) is 113 cm³/mol. The molecule has 152 valence electrons. The van der Waals surface area contributed by atoms with Gasteiger partial charge in [-0.05, 0) is 55.9 Å². The Morgan fingerprint density at radius 2 is 1.82 bits per heavy atom. The van der Waals surface area contributed by atoms with Gasteiger partial charge in [0.15, 0.2) is 0 Å². The number of nitrogens with zero attached hydrogens (tertiary/aromatic N) is 1. The number of alkyl halides is 1. The second kappa shape index (κ2) is 7.41. The van der Waals surface area contributed by atoms with Crippen LogP contribution in [0.1, 0.15) is 50.1 Å². The van der Waals surface area contributed by atoms with Gasteiger partial charge >= 0.3 is 0 Å². The standard InChI is InChI=1S/C23H31BrN2O2/c24-23-13-17-10-18(14-23)12-22(11-17,16-23)21(27)25-20(19-4-2-1-3-5-19)15-26-6-8-28-9-7-26/h1-5,17-18,20H,6-16H2,(H,25,27). The zero-order valence-corrected chi connectivity index (χ0v) is 18.1. The summed E-state index contributed by atoms with van der Waals surface area (Å²) in [6.07, 6.45) is 7.03. The highest BCUT2D eigenvalue weighted by molar-refractivity contribution is 9.10. The molecule has 1 amide bonds. The van der Waals surface area contributed by atoms with E-state index in [0.717, 1.165) is 63.9 Å². The van der Waals surface area contributed by atoms with E-state index in [1.165, 1.54) is 24.8 Å². The smallest absolute Gasteiger partial charge is 0.226 e. The van der Waals surface area contributed by atoms with Gasteiger partial charge in [-0.25, -0.2) is 0 Å². The molecule has 4 bridgehead atoms. The number of ether oxygens (including phenoxy) is 1. The van der Waals surface area contributed by atoms with Gasteiger partial charge < -0.3 is 10.1 Å². The quantitative estimate of drug-likeness (QED) is 0.696. The Bertz CT molecular complexity index is 705. The summed E-state index contributed by atoms with van der Waals surface area (Å²) in [4.78, 5) is 16.1. The van der Waals surface area contributed by atoms with E-state index < -0.39 is 0 Å². The number of carbonyl (C=O) groups excluding carboxylic acids is 1. The average molecular weight is 447 g/mol. The lowest BCUT2D eigenvalue weighted by Gasteiger charge is -2.59. The molecular weight excluding hydrogens is 416 g/mol. The number of halogens is 1. The fourth-order valence-corrected chi connectivity index (χ4v) is 8.14. The van der Waals surface area contributed by atoms with Crippen LogP contribution < -0.4 is 5.32 Å². The van der Waals surface area contributed by atoms with Crippen LogP contribution in [-0.4, -0.2) is 48.0 Å². The number of nitrogens with one attached hydrogen (secondary N) is 1. The molecule has 4 nitrogen and oxygen atoms in total. The third-order valence-corrected chi connectivity index (χ3v) is 8.45. The van der Waals surface area contributed by atoms with Crippen LogP contribution in [0.15, 0.2) is 30.3 Å². The highest BCUT2D eigenvalue weighted by Crippen LogP contribution is 2.64. The fourth-order valence-electron chi connectivity index (χ4n) is 6.69. The second-order valence-corrected chi connectivity index (χ2v) is 11.4. The van der Waals surface area contributed by atoms with Crippen molar-refractivity contribution in [1.82, 2.24) is 10.2 Å². The molecule has 3 unspecified atom stereocenters. The van der Waals surface area contributed by atoms with Gasteiger partial charge in [-0.2, -0.15) is 0 Å². The van der Waals surface area contributed by atoms with Gasteiger partial charge in [0, 0.05) is 24.0 Å². The van der Waals surface area contributed by atoms with Crippen LogP contribution in [0.3, 0.4) is 0 Å². The predicted octanol–water partition coefficient (Wildman–Crippen LogP) is 3.91. The van der Waals surface area contributed by atoms with Crippen LogP contribution in [0.25, 0.3) is 0 Å². The first-order chi connectivity index (χ1) is 13.5. The topological polar surface area (TPSA) is 41.6 Å². The number of benzene rings is 1. The van der Waals surface area contributed by atoms with Gasteiger partial charge in [0.25, 0.3) is 0 Å². The minimum absolute atomic E-state index is 0.0473. The van der Waals surface area contributed by atoms with Crippen LogP contribution in [0.5, 0.6) is 0 Å². The van der Waals surface area contributed by atoms with Crippen molar-refractivity contribution in [3.8, 4) is 0 Å². The molecule has 5 fully saturated rings. The molecule has 0 aromatic heterocycles. The lowest BCUT2D eigenvalue weighted by atomic mass is 9.49. The van der Waals surface area contributed by atoms with Gasteiger partial charge in [-0.1, -0.05) is 46.3 Å². The molecule has 4 saturated carbocycles. The molecule has 3 atom stereocenters. The summed E-state index contributed by atoms with van der Waals surface area (Å²) >= 11 is 4.05. The zero-order chi connectivity index (χ0) is 19.2. The van der Waals surface area contributed by atoms with Crippen LogP contribution in [0.4, 0.5) is 0 Å². The second-order valence-electron chi connectivity index (χ2n) is 9.74. The summed E-state index contributed by atoms with van der Waals surface area (Å²) in [6.45, 7) is 4.32. The highest BCUT2D eigenvalue weighted by atomic mass is 79.9. The molecule has 5 heteroatoms. The molecule has 1 aliphatic heterocycles. The number of amides is 1. The molecular formula is C23H31BrN2O2. The Balaban J connectivity index is 1.35. The maximum absolute atomic E-state index is 13.7. The summed E-state index contributed by atoms with van der Waals surface area (Å²) in [5, 5.41) is 3.51. The third-order valence-electron chi connectivity index (χ3n) is 7.52. The van der Waals surface area contributed by atoms with E-state index in [2.05, 4.69) is 50.4 Å². The molecule has 0 spiro atoms. The Morgan fingerprint density at radius 3 is 2.46 bits per heavy atom. The highest BCUT2D eigenvalue weighted by Gasteiger charge is 2.59.